The molecule has 1 aromatic carbocycles. The number of nitrogens with two attached hydrogens (primary N) is 1. The molecular weight excluding hydrogens is 246 g/mol. The minimum atomic E-state index is -3.31. The Morgan fingerprint density at radius 1 is 1.47 bits per heavy atom. The van der Waals surface area contributed by atoms with E-state index in [0.29, 0.717) is 0 Å². The number of sulfone groups is 1. The molecule has 0 heterocycles. The number of aliphatic carboxylic acids is 1. The Morgan fingerprint density at radius 2 is 2.06 bits per heavy atom. The zero-order chi connectivity index (χ0) is 13.2. The lowest BCUT2D eigenvalue weighted by molar-refractivity contribution is -0.138. The van der Waals surface area contributed by atoms with Gasteiger partial charge in [-0.05, 0) is 17.7 Å². The summed E-state index contributed by atoms with van der Waals surface area (Å²) < 4.78 is 22.2. The first-order valence-corrected chi connectivity index (χ1v) is 6.74. The van der Waals surface area contributed by atoms with Gasteiger partial charge in [-0.3, -0.25) is 4.79 Å². The van der Waals surface area contributed by atoms with Crippen molar-refractivity contribution >= 4 is 15.8 Å². The maximum Gasteiger partial charge on any atom is 0.325 e. The SMILES string of the molecule is CS(=O)(=O)Cc1cc(C(N)C(=O)O)ccc1O. The van der Waals surface area contributed by atoms with E-state index < -0.39 is 21.8 Å². The number of rotatable bonds is 4. The first kappa shape index (κ1) is 13.5. The first-order valence-electron chi connectivity index (χ1n) is 4.68. The molecule has 0 aliphatic rings. The van der Waals surface area contributed by atoms with E-state index in [2.05, 4.69) is 0 Å². The fourth-order valence-electron chi connectivity index (χ4n) is 1.34. The number of phenols is 1. The second kappa shape index (κ2) is 4.72. The van der Waals surface area contributed by atoms with Crippen LogP contribution in [0.1, 0.15) is 17.2 Å². The summed E-state index contributed by atoms with van der Waals surface area (Å²) >= 11 is 0. The van der Waals surface area contributed by atoms with Gasteiger partial charge >= 0.3 is 5.97 Å². The van der Waals surface area contributed by atoms with Gasteiger partial charge in [0.05, 0.1) is 5.75 Å². The number of hydrogen-bond acceptors (Lipinski definition) is 5. The Morgan fingerprint density at radius 3 is 2.53 bits per heavy atom. The third-order valence-electron chi connectivity index (χ3n) is 2.15. The van der Waals surface area contributed by atoms with Gasteiger partial charge in [-0.1, -0.05) is 6.07 Å². The van der Waals surface area contributed by atoms with Gasteiger partial charge in [-0.25, -0.2) is 8.42 Å². The predicted octanol–water partition coefficient (Wildman–Crippen LogP) is 0.0212. The third-order valence-corrected chi connectivity index (χ3v) is 2.98. The van der Waals surface area contributed by atoms with Crippen molar-refractivity contribution in [3.05, 3.63) is 29.3 Å². The highest BCUT2D eigenvalue weighted by Gasteiger charge is 2.17. The average Bonchev–Trinajstić information content (AvgIpc) is 2.18. The summed E-state index contributed by atoms with van der Waals surface area (Å²) in [6.07, 6.45) is 1.02. The largest absolute Gasteiger partial charge is 0.508 e. The van der Waals surface area contributed by atoms with E-state index in [-0.39, 0.29) is 22.6 Å². The molecule has 1 atom stereocenters. The number of carboxylic acid groups (broad SMARTS) is 1. The molecule has 0 radical (unpaired) electrons. The molecule has 0 amide bonds. The second-order valence-corrected chi connectivity index (χ2v) is 5.91. The fourth-order valence-corrected chi connectivity index (χ4v) is 2.14. The maximum atomic E-state index is 11.1. The fraction of sp³-hybridized carbons (Fsp3) is 0.300. The number of hydrogen-bond donors (Lipinski definition) is 3. The van der Waals surface area contributed by atoms with Crippen LogP contribution in [0.4, 0.5) is 0 Å². The van der Waals surface area contributed by atoms with E-state index >= 15 is 0 Å². The number of carboxylic acids is 1. The molecule has 0 saturated carbocycles. The monoisotopic (exact) mass is 259 g/mol. The van der Waals surface area contributed by atoms with Crippen LogP contribution in [0.3, 0.4) is 0 Å². The Labute approximate surface area is 98.6 Å². The van der Waals surface area contributed by atoms with Gasteiger partial charge < -0.3 is 15.9 Å². The molecule has 7 heteroatoms. The zero-order valence-electron chi connectivity index (χ0n) is 9.12. The van der Waals surface area contributed by atoms with Crippen LogP contribution < -0.4 is 5.73 Å². The minimum Gasteiger partial charge on any atom is -0.508 e. The summed E-state index contributed by atoms with van der Waals surface area (Å²) in [6.45, 7) is 0. The van der Waals surface area contributed by atoms with Crippen molar-refractivity contribution in [2.45, 2.75) is 11.8 Å². The summed E-state index contributed by atoms with van der Waals surface area (Å²) in [5, 5.41) is 18.2. The molecule has 0 fully saturated rings. The zero-order valence-corrected chi connectivity index (χ0v) is 9.94. The standard InChI is InChI=1S/C10H13NO5S/c1-17(15,16)5-7-4-6(2-3-8(7)12)9(11)10(13)14/h2-4,9,12H,5,11H2,1H3,(H,13,14). The molecule has 0 saturated heterocycles. The number of phenolic OH excluding ortho intramolecular Hbond substituents is 1. The topological polar surface area (TPSA) is 118 Å². The first-order chi connectivity index (χ1) is 7.70. The van der Waals surface area contributed by atoms with Crippen molar-refractivity contribution in [2.75, 3.05) is 6.26 Å². The van der Waals surface area contributed by atoms with Crippen molar-refractivity contribution in [3.8, 4) is 5.75 Å². The number of benzene rings is 1. The third kappa shape index (κ3) is 3.72. The molecule has 0 aliphatic heterocycles. The molecule has 94 valence electrons. The van der Waals surface area contributed by atoms with Gasteiger partial charge in [0.25, 0.3) is 0 Å². The summed E-state index contributed by atoms with van der Waals surface area (Å²) in [7, 11) is -3.31. The molecule has 1 rings (SSSR count). The molecule has 0 aliphatic carbocycles. The minimum absolute atomic E-state index is 0.140. The van der Waals surface area contributed by atoms with Crippen LogP contribution >= 0.6 is 0 Å². The quantitative estimate of drug-likeness (QED) is 0.701. The van der Waals surface area contributed by atoms with Gasteiger partial charge in [0.1, 0.15) is 11.8 Å². The molecular formula is C10H13NO5S. The van der Waals surface area contributed by atoms with E-state index in [4.69, 9.17) is 10.8 Å². The lowest BCUT2D eigenvalue weighted by Crippen LogP contribution is -2.20. The van der Waals surface area contributed by atoms with Crippen molar-refractivity contribution in [3.63, 3.8) is 0 Å². The Kier molecular flexibility index (Phi) is 3.74. The van der Waals surface area contributed by atoms with Crippen LogP contribution in [-0.2, 0) is 20.4 Å². The van der Waals surface area contributed by atoms with Gasteiger partial charge in [0, 0.05) is 11.8 Å². The molecule has 4 N–H and O–H groups in total. The maximum absolute atomic E-state index is 11.1. The highest BCUT2D eigenvalue weighted by atomic mass is 32.2. The van der Waals surface area contributed by atoms with Crippen molar-refractivity contribution in [1.82, 2.24) is 0 Å². The molecule has 0 aromatic heterocycles. The highest BCUT2D eigenvalue weighted by Crippen LogP contribution is 2.23. The molecule has 6 nitrogen and oxygen atoms in total. The molecule has 0 spiro atoms. The summed E-state index contributed by atoms with van der Waals surface area (Å²) in [4.78, 5) is 10.7. The van der Waals surface area contributed by atoms with Crippen LogP contribution in [0.15, 0.2) is 18.2 Å². The molecule has 0 bridgehead atoms. The van der Waals surface area contributed by atoms with Gasteiger partial charge in [0.15, 0.2) is 9.84 Å². The molecule has 1 unspecified atom stereocenters. The molecule has 17 heavy (non-hydrogen) atoms. The van der Waals surface area contributed by atoms with E-state index in [1.54, 1.807) is 0 Å². The van der Waals surface area contributed by atoms with Crippen molar-refractivity contribution in [1.29, 1.82) is 0 Å². The number of carbonyl (C=O) groups is 1. The van der Waals surface area contributed by atoms with Crippen LogP contribution in [-0.4, -0.2) is 30.9 Å². The van der Waals surface area contributed by atoms with Crippen LogP contribution in [0.25, 0.3) is 0 Å². The summed E-state index contributed by atoms with van der Waals surface area (Å²) in [5.74, 6) is -1.78. The van der Waals surface area contributed by atoms with E-state index in [9.17, 15) is 18.3 Å². The lowest BCUT2D eigenvalue weighted by Gasteiger charge is -2.10. The number of aromatic hydroxyl groups is 1. The highest BCUT2D eigenvalue weighted by molar-refractivity contribution is 7.89. The predicted molar refractivity (Wildman–Crippen MR) is 61.2 cm³/mol. The smallest absolute Gasteiger partial charge is 0.325 e. The Hall–Kier alpha value is -1.60. The van der Waals surface area contributed by atoms with E-state index in [1.165, 1.54) is 18.2 Å². The van der Waals surface area contributed by atoms with E-state index in [1.807, 2.05) is 0 Å². The second-order valence-electron chi connectivity index (χ2n) is 3.77. The molecule has 1 aromatic rings. The van der Waals surface area contributed by atoms with Gasteiger partial charge in [-0.2, -0.15) is 0 Å². The van der Waals surface area contributed by atoms with Gasteiger partial charge in [-0.15, -0.1) is 0 Å². The van der Waals surface area contributed by atoms with Crippen molar-refractivity contribution in [2.24, 2.45) is 5.73 Å². The van der Waals surface area contributed by atoms with Crippen LogP contribution in [0, 0.1) is 0 Å². The van der Waals surface area contributed by atoms with Crippen LogP contribution in [0.2, 0.25) is 0 Å². The summed E-state index contributed by atoms with van der Waals surface area (Å²) in [5.41, 5.74) is 5.77. The summed E-state index contributed by atoms with van der Waals surface area (Å²) in [6, 6.07) is 2.63. The lowest BCUT2D eigenvalue weighted by atomic mass is 10.0. The Bertz CT molecular complexity index is 538. The van der Waals surface area contributed by atoms with Crippen LogP contribution in [0.5, 0.6) is 5.75 Å². The van der Waals surface area contributed by atoms with E-state index in [0.717, 1.165) is 6.26 Å². The average molecular weight is 259 g/mol. The van der Waals surface area contributed by atoms with Gasteiger partial charge in [0.2, 0.25) is 0 Å². The Balaban J connectivity index is 3.15. The normalized spacial score (nSPS) is 13.3. The van der Waals surface area contributed by atoms with Crippen molar-refractivity contribution < 1.29 is 23.4 Å².